The molecule has 2 N–H and O–H groups in total. The Morgan fingerprint density at radius 1 is 0.733 bits per heavy atom. The average molecular weight is 411 g/mol. The lowest BCUT2D eigenvalue weighted by atomic mass is 10.1. The van der Waals surface area contributed by atoms with Gasteiger partial charge in [0, 0.05) is 13.1 Å². The van der Waals surface area contributed by atoms with Crippen LogP contribution < -0.4 is 10.6 Å². The number of hydrogen-bond acceptors (Lipinski definition) is 6. The molecule has 0 aliphatic heterocycles. The van der Waals surface area contributed by atoms with Crippen molar-refractivity contribution in [1.29, 1.82) is 0 Å². The zero-order valence-corrected chi connectivity index (χ0v) is 17.5. The highest BCUT2D eigenvalue weighted by Gasteiger charge is 2.19. The molecule has 0 heterocycles. The monoisotopic (exact) mass is 410 g/mol. The predicted octanol–water partition coefficient (Wildman–Crippen LogP) is 2.29. The molecule has 160 valence electrons. The van der Waals surface area contributed by atoms with Crippen molar-refractivity contribution in [2.24, 2.45) is 0 Å². The minimum atomic E-state index is -0.420. The van der Waals surface area contributed by atoms with Gasteiger partial charge in [0.2, 0.25) is 0 Å². The first-order chi connectivity index (χ1) is 14.6. The lowest BCUT2D eigenvalue weighted by Crippen LogP contribution is -2.40. The van der Waals surface area contributed by atoms with Gasteiger partial charge in [0.25, 0.3) is 0 Å². The van der Waals surface area contributed by atoms with E-state index in [4.69, 9.17) is 9.47 Å². The molecule has 6 heteroatoms. The van der Waals surface area contributed by atoms with E-state index in [1.165, 1.54) is 14.2 Å². The molecule has 0 aliphatic carbocycles. The van der Waals surface area contributed by atoms with Crippen LogP contribution in [0.2, 0.25) is 0 Å². The number of benzene rings is 2. The van der Waals surface area contributed by atoms with E-state index in [0.717, 1.165) is 11.1 Å². The minimum Gasteiger partial charge on any atom is -0.468 e. The third kappa shape index (κ3) is 8.19. The summed E-state index contributed by atoms with van der Waals surface area (Å²) in [6.07, 6.45) is 4.96. The Morgan fingerprint density at radius 3 is 1.43 bits per heavy atom. The van der Waals surface area contributed by atoms with Crippen molar-refractivity contribution in [3.05, 3.63) is 83.9 Å². The quantitative estimate of drug-likeness (QED) is 0.413. The van der Waals surface area contributed by atoms with E-state index < -0.39 is 12.1 Å². The number of rotatable bonds is 12. The predicted molar refractivity (Wildman–Crippen MR) is 117 cm³/mol. The zero-order chi connectivity index (χ0) is 21.6. The van der Waals surface area contributed by atoms with Gasteiger partial charge in [-0.2, -0.15) is 0 Å². The molecule has 0 spiro atoms. The van der Waals surface area contributed by atoms with Gasteiger partial charge in [0.15, 0.2) is 0 Å². The van der Waals surface area contributed by atoms with Gasteiger partial charge < -0.3 is 20.1 Å². The second-order valence-corrected chi connectivity index (χ2v) is 6.82. The SMILES string of the molecule is COC(=O)[C@H](Cc1ccccc1)NC/C=C\CN[C@@H](Cc1ccccc1)C(=O)OC. The molecule has 0 fully saturated rings. The molecular formula is C24H30N2O4. The number of ether oxygens (including phenoxy) is 2. The molecule has 0 saturated heterocycles. The highest BCUT2D eigenvalue weighted by molar-refractivity contribution is 5.76. The molecule has 6 nitrogen and oxygen atoms in total. The molecule has 0 amide bonds. The van der Waals surface area contributed by atoms with Gasteiger partial charge in [-0.1, -0.05) is 72.8 Å². The van der Waals surface area contributed by atoms with Crippen LogP contribution in [0.1, 0.15) is 11.1 Å². The smallest absolute Gasteiger partial charge is 0.323 e. The molecule has 0 radical (unpaired) electrons. The Balaban J connectivity index is 1.81. The largest absolute Gasteiger partial charge is 0.468 e. The van der Waals surface area contributed by atoms with Crippen LogP contribution in [0.15, 0.2) is 72.8 Å². The van der Waals surface area contributed by atoms with Crippen LogP contribution >= 0.6 is 0 Å². The van der Waals surface area contributed by atoms with Crippen molar-refractivity contribution < 1.29 is 19.1 Å². The third-order valence-electron chi connectivity index (χ3n) is 4.67. The maximum atomic E-state index is 12.0. The Labute approximate surface area is 178 Å². The maximum Gasteiger partial charge on any atom is 0.323 e. The number of nitrogens with one attached hydrogen (secondary N) is 2. The molecule has 0 unspecified atom stereocenters. The van der Waals surface area contributed by atoms with Crippen LogP contribution in [0.4, 0.5) is 0 Å². The third-order valence-corrected chi connectivity index (χ3v) is 4.67. The van der Waals surface area contributed by atoms with Crippen molar-refractivity contribution >= 4 is 11.9 Å². The normalized spacial score (nSPS) is 13.0. The minimum absolute atomic E-state index is 0.293. The fraction of sp³-hybridized carbons (Fsp3) is 0.333. The lowest BCUT2D eigenvalue weighted by molar-refractivity contribution is -0.143. The van der Waals surface area contributed by atoms with Crippen LogP contribution in [0.5, 0.6) is 0 Å². The van der Waals surface area contributed by atoms with Crippen molar-refractivity contribution in [3.8, 4) is 0 Å². The molecule has 0 aliphatic rings. The topological polar surface area (TPSA) is 76.7 Å². The summed E-state index contributed by atoms with van der Waals surface area (Å²) < 4.78 is 9.80. The Kier molecular flexibility index (Phi) is 10.3. The van der Waals surface area contributed by atoms with Crippen LogP contribution in [0.25, 0.3) is 0 Å². The molecule has 2 atom stereocenters. The first kappa shape index (κ1) is 23.3. The number of hydrogen-bond donors (Lipinski definition) is 2. The van der Waals surface area contributed by atoms with Gasteiger partial charge in [-0.3, -0.25) is 9.59 Å². The maximum absolute atomic E-state index is 12.0. The molecular weight excluding hydrogens is 380 g/mol. The zero-order valence-electron chi connectivity index (χ0n) is 17.5. The van der Waals surface area contributed by atoms with Gasteiger partial charge >= 0.3 is 11.9 Å². The summed E-state index contributed by atoms with van der Waals surface area (Å²) in [6.45, 7) is 1.02. The van der Waals surface area contributed by atoms with Gasteiger partial charge in [-0.25, -0.2) is 0 Å². The summed E-state index contributed by atoms with van der Waals surface area (Å²) in [7, 11) is 2.78. The molecule has 2 aromatic rings. The summed E-state index contributed by atoms with van der Waals surface area (Å²) in [5, 5.41) is 6.40. The van der Waals surface area contributed by atoms with Crippen LogP contribution in [-0.4, -0.2) is 51.3 Å². The Bertz CT molecular complexity index is 726. The fourth-order valence-corrected chi connectivity index (χ4v) is 3.05. The van der Waals surface area contributed by atoms with Crippen LogP contribution in [0, 0.1) is 0 Å². The standard InChI is InChI=1S/C24H30N2O4/c1-29-23(27)21(17-19-11-5-3-6-12-19)25-15-9-10-16-26-22(24(28)30-2)18-20-13-7-4-8-14-20/h3-14,21-22,25-26H,15-18H2,1-2H3/b10-9-/t21-,22-/m0/s1. The highest BCUT2D eigenvalue weighted by atomic mass is 16.5. The summed E-state index contributed by atoms with van der Waals surface area (Å²) in [5.41, 5.74) is 2.13. The fourth-order valence-electron chi connectivity index (χ4n) is 3.05. The first-order valence-corrected chi connectivity index (χ1v) is 9.99. The van der Waals surface area contributed by atoms with Crippen LogP contribution in [-0.2, 0) is 31.9 Å². The van der Waals surface area contributed by atoms with E-state index in [9.17, 15) is 9.59 Å². The second-order valence-electron chi connectivity index (χ2n) is 6.82. The number of carbonyl (C=O) groups excluding carboxylic acids is 2. The van der Waals surface area contributed by atoms with E-state index in [2.05, 4.69) is 10.6 Å². The van der Waals surface area contributed by atoms with Gasteiger partial charge in [0.05, 0.1) is 14.2 Å². The number of carbonyl (C=O) groups is 2. The van der Waals surface area contributed by atoms with Gasteiger partial charge in [-0.15, -0.1) is 0 Å². The molecule has 0 bridgehead atoms. The van der Waals surface area contributed by atoms with Crippen molar-refractivity contribution in [3.63, 3.8) is 0 Å². The van der Waals surface area contributed by atoms with Gasteiger partial charge in [0.1, 0.15) is 12.1 Å². The van der Waals surface area contributed by atoms with E-state index in [1.807, 2.05) is 72.8 Å². The van der Waals surface area contributed by atoms with Gasteiger partial charge in [-0.05, 0) is 24.0 Å². The summed E-state index contributed by atoms with van der Waals surface area (Å²) >= 11 is 0. The molecule has 2 rings (SSSR count). The van der Waals surface area contributed by atoms with Crippen LogP contribution in [0.3, 0.4) is 0 Å². The molecule has 2 aromatic carbocycles. The second kappa shape index (κ2) is 13.3. The van der Waals surface area contributed by atoms with Crippen molar-refractivity contribution in [2.75, 3.05) is 27.3 Å². The Morgan fingerprint density at radius 2 is 1.10 bits per heavy atom. The van der Waals surface area contributed by atoms with E-state index in [1.54, 1.807) is 0 Å². The van der Waals surface area contributed by atoms with Crippen molar-refractivity contribution in [1.82, 2.24) is 10.6 Å². The number of esters is 2. The van der Waals surface area contributed by atoms with Crippen molar-refractivity contribution in [2.45, 2.75) is 24.9 Å². The molecule has 0 saturated carbocycles. The van der Waals surface area contributed by atoms with E-state index in [-0.39, 0.29) is 11.9 Å². The first-order valence-electron chi connectivity index (χ1n) is 9.99. The van der Waals surface area contributed by atoms with E-state index >= 15 is 0 Å². The highest BCUT2D eigenvalue weighted by Crippen LogP contribution is 2.05. The summed E-state index contributed by atoms with van der Waals surface area (Å²) in [5.74, 6) is -0.585. The molecule has 30 heavy (non-hydrogen) atoms. The summed E-state index contributed by atoms with van der Waals surface area (Å²) in [6, 6.07) is 18.8. The average Bonchev–Trinajstić information content (AvgIpc) is 2.79. The number of methoxy groups -OCH3 is 2. The molecule has 0 aromatic heterocycles. The van der Waals surface area contributed by atoms with E-state index in [0.29, 0.717) is 25.9 Å². The Hall–Kier alpha value is -2.96. The lowest BCUT2D eigenvalue weighted by Gasteiger charge is -2.16. The summed E-state index contributed by atoms with van der Waals surface area (Å²) in [4.78, 5) is 24.1.